The number of aryl methyl sites for hydroxylation is 2. The van der Waals surface area contributed by atoms with Gasteiger partial charge in [-0.2, -0.15) is 4.68 Å². The number of carbonyl (C=O) groups excluding carboxylic acids is 1. The van der Waals surface area contributed by atoms with E-state index in [0.717, 1.165) is 27.9 Å². The molecule has 1 aromatic heterocycles. The molecule has 0 saturated heterocycles. The average molecular weight is 531 g/mol. The van der Waals surface area contributed by atoms with Gasteiger partial charge < -0.3 is 20.1 Å². The molecule has 0 radical (unpaired) electrons. The number of tetrazole rings is 1. The Morgan fingerprint density at radius 1 is 1.05 bits per heavy atom. The molecule has 1 aliphatic heterocycles. The van der Waals surface area contributed by atoms with Crippen molar-refractivity contribution >= 4 is 29.1 Å². The smallest absolute Gasteiger partial charge is 0.255 e. The molecule has 0 bridgehead atoms. The van der Waals surface area contributed by atoms with Crippen molar-refractivity contribution in [2.24, 2.45) is 0 Å². The SMILES string of the molecule is COc1cc(C2C(C(=O)Nc3ccc(C)cc3C)=C(C)Nc3nnnn32)ccc1OCc1ccc(Cl)cc1. The quantitative estimate of drug-likeness (QED) is 0.327. The van der Waals surface area contributed by atoms with E-state index >= 15 is 0 Å². The fourth-order valence-corrected chi connectivity index (χ4v) is 4.60. The topological polar surface area (TPSA) is 103 Å². The predicted molar refractivity (Wildman–Crippen MR) is 146 cm³/mol. The summed E-state index contributed by atoms with van der Waals surface area (Å²) in [5.74, 6) is 1.28. The average Bonchev–Trinajstić information content (AvgIpc) is 3.37. The Balaban J connectivity index is 1.47. The second-order valence-corrected chi connectivity index (χ2v) is 9.55. The van der Waals surface area contributed by atoms with Gasteiger partial charge in [-0.3, -0.25) is 4.79 Å². The minimum Gasteiger partial charge on any atom is -0.493 e. The maximum Gasteiger partial charge on any atom is 0.255 e. The molecule has 0 aliphatic carbocycles. The molecule has 2 N–H and O–H groups in total. The fourth-order valence-electron chi connectivity index (χ4n) is 4.47. The maximum atomic E-state index is 13.7. The summed E-state index contributed by atoms with van der Waals surface area (Å²) in [6.45, 7) is 6.16. The molecule has 0 fully saturated rings. The molecule has 3 aromatic carbocycles. The number of allylic oxidation sites excluding steroid dienone is 1. The van der Waals surface area contributed by atoms with E-state index in [1.165, 1.54) is 0 Å². The molecule has 1 aliphatic rings. The molecule has 2 heterocycles. The summed E-state index contributed by atoms with van der Waals surface area (Å²) >= 11 is 5.99. The first-order chi connectivity index (χ1) is 18.3. The van der Waals surface area contributed by atoms with Gasteiger partial charge in [-0.1, -0.05) is 52.6 Å². The molecule has 0 saturated carbocycles. The van der Waals surface area contributed by atoms with Crippen LogP contribution in [0.2, 0.25) is 5.02 Å². The number of benzene rings is 3. The first-order valence-corrected chi connectivity index (χ1v) is 12.4. The highest BCUT2D eigenvalue weighted by Crippen LogP contribution is 2.39. The number of amides is 1. The number of rotatable bonds is 7. The normalized spacial score (nSPS) is 14.5. The van der Waals surface area contributed by atoms with Crippen molar-refractivity contribution in [3.8, 4) is 11.5 Å². The van der Waals surface area contributed by atoms with Gasteiger partial charge >= 0.3 is 0 Å². The maximum absolute atomic E-state index is 13.7. The Kier molecular flexibility index (Phi) is 7.02. The molecule has 5 rings (SSSR count). The van der Waals surface area contributed by atoms with Crippen LogP contribution in [0.3, 0.4) is 0 Å². The number of hydrogen-bond donors (Lipinski definition) is 2. The van der Waals surface area contributed by atoms with E-state index in [-0.39, 0.29) is 5.91 Å². The zero-order chi connectivity index (χ0) is 26.8. The summed E-state index contributed by atoms with van der Waals surface area (Å²) in [4.78, 5) is 13.7. The van der Waals surface area contributed by atoms with E-state index in [1.807, 2.05) is 81.4 Å². The van der Waals surface area contributed by atoms with Crippen molar-refractivity contribution in [1.82, 2.24) is 20.2 Å². The third kappa shape index (κ3) is 5.05. The van der Waals surface area contributed by atoms with Gasteiger partial charge in [0, 0.05) is 16.4 Å². The highest BCUT2D eigenvalue weighted by atomic mass is 35.5. The van der Waals surface area contributed by atoms with Crippen LogP contribution in [0.25, 0.3) is 0 Å². The molecular formula is C28H27ClN6O3. The van der Waals surface area contributed by atoms with Crippen molar-refractivity contribution in [3.05, 3.63) is 99.2 Å². The van der Waals surface area contributed by atoms with Crippen LogP contribution in [-0.2, 0) is 11.4 Å². The number of carbonyl (C=O) groups is 1. The van der Waals surface area contributed by atoms with Gasteiger partial charge in [0.1, 0.15) is 12.6 Å². The van der Waals surface area contributed by atoms with Crippen LogP contribution < -0.4 is 20.1 Å². The summed E-state index contributed by atoms with van der Waals surface area (Å²) in [6, 6.07) is 18.3. The summed E-state index contributed by atoms with van der Waals surface area (Å²) in [5, 5.41) is 18.9. The number of hydrogen-bond acceptors (Lipinski definition) is 7. The first-order valence-electron chi connectivity index (χ1n) is 12.0. The van der Waals surface area contributed by atoms with E-state index in [9.17, 15) is 4.79 Å². The minimum absolute atomic E-state index is 0.255. The largest absolute Gasteiger partial charge is 0.493 e. The monoisotopic (exact) mass is 530 g/mol. The van der Waals surface area contributed by atoms with Crippen LogP contribution >= 0.6 is 11.6 Å². The van der Waals surface area contributed by atoms with Crippen molar-refractivity contribution < 1.29 is 14.3 Å². The lowest BCUT2D eigenvalue weighted by Crippen LogP contribution is -2.31. The number of ether oxygens (including phenoxy) is 2. The highest BCUT2D eigenvalue weighted by Gasteiger charge is 2.34. The third-order valence-electron chi connectivity index (χ3n) is 6.40. The number of halogens is 1. The van der Waals surface area contributed by atoms with E-state index in [2.05, 4.69) is 26.2 Å². The highest BCUT2D eigenvalue weighted by molar-refractivity contribution is 6.30. The zero-order valence-electron chi connectivity index (χ0n) is 21.4. The van der Waals surface area contributed by atoms with Gasteiger partial charge in [-0.25, -0.2) is 0 Å². The molecule has 0 spiro atoms. The zero-order valence-corrected chi connectivity index (χ0v) is 22.2. The fraction of sp³-hybridized carbons (Fsp3) is 0.214. The van der Waals surface area contributed by atoms with Gasteiger partial charge in [-0.15, -0.1) is 0 Å². The third-order valence-corrected chi connectivity index (χ3v) is 6.65. The number of fused-ring (bicyclic) bond motifs is 1. The van der Waals surface area contributed by atoms with Crippen molar-refractivity contribution in [1.29, 1.82) is 0 Å². The number of nitrogens with one attached hydrogen (secondary N) is 2. The van der Waals surface area contributed by atoms with Crippen LogP contribution in [0.5, 0.6) is 11.5 Å². The Morgan fingerprint density at radius 3 is 2.58 bits per heavy atom. The van der Waals surface area contributed by atoms with E-state index in [4.69, 9.17) is 21.1 Å². The molecule has 194 valence electrons. The van der Waals surface area contributed by atoms with E-state index in [0.29, 0.717) is 40.3 Å². The van der Waals surface area contributed by atoms with Crippen LogP contribution in [0.4, 0.5) is 11.6 Å². The molecule has 1 amide bonds. The number of nitrogens with zero attached hydrogens (tertiary/aromatic N) is 4. The standard InChI is InChI=1S/C28H27ClN6O3/c1-16-5-11-22(17(2)13-16)31-27(36)25-18(3)30-28-32-33-34-35(28)26(25)20-8-12-23(24(14-20)37-4)38-15-19-6-9-21(29)10-7-19/h5-14,26H,15H2,1-4H3,(H,31,36)(H,30,32,34). The molecule has 10 heteroatoms. The second-order valence-electron chi connectivity index (χ2n) is 9.11. The summed E-state index contributed by atoms with van der Waals surface area (Å²) in [6.07, 6.45) is 0. The molecule has 4 aromatic rings. The predicted octanol–water partition coefficient (Wildman–Crippen LogP) is 5.46. The number of methoxy groups -OCH3 is 1. The van der Waals surface area contributed by atoms with Crippen molar-refractivity contribution in [3.63, 3.8) is 0 Å². The van der Waals surface area contributed by atoms with Crippen LogP contribution in [-0.4, -0.2) is 33.2 Å². The summed E-state index contributed by atoms with van der Waals surface area (Å²) < 4.78 is 13.3. The van der Waals surface area contributed by atoms with Gasteiger partial charge in [0.15, 0.2) is 11.5 Å². The van der Waals surface area contributed by atoms with E-state index in [1.54, 1.807) is 11.8 Å². The van der Waals surface area contributed by atoms with Gasteiger partial charge in [-0.05, 0) is 78.2 Å². The molecule has 1 unspecified atom stereocenters. The Morgan fingerprint density at radius 2 is 1.84 bits per heavy atom. The van der Waals surface area contributed by atoms with Gasteiger partial charge in [0.25, 0.3) is 5.91 Å². The molecule has 38 heavy (non-hydrogen) atoms. The van der Waals surface area contributed by atoms with E-state index < -0.39 is 6.04 Å². The van der Waals surface area contributed by atoms with Crippen LogP contribution in [0, 0.1) is 13.8 Å². The molecule has 9 nitrogen and oxygen atoms in total. The lowest BCUT2D eigenvalue weighted by Gasteiger charge is -2.28. The Bertz CT molecular complexity index is 1530. The number of anilines is 2. The van der Waals surface area contributed by atoms with Crippen molar-refractivity contribution in [2.45, 2.75) is 33.4 Å². The lowest BCUT2D eigenvalue weighted by molar-refractivity contribution is -0.113. The van der Waals surface area contributed by atoms with Crippen LogP contribution in [0.1, 0.15) is 35.2 Å². The van der Waals surface area contributed by atoms with Gasteiger partial charge in [0.2, 0.25) is 5.95 Å². The van der Waals surface area contributed by atoms with Gasteiger partial charge in [0.05, 0.1) is 12.7 Å². The second kappa shape index (κ2) is 10.5. The number of aromatic nitrogens is 4. The minimum atomic E-state index is -0.591. The first kappa shape index (κ1) is 25.3. The Hall–Kier alpha value is -4.37. The Labute approximate surface area is 225 Å². The van der Waals surface area contributed by atoms with Crippen molar-refractivity contribution in [2.75, 3.05) is 17.7 Å². The van der Waals surface area contributed by atoms with Crippen LogP contribution in [0.15, 0.2) is 71.9 Å². The summed E-state index contributed by atoms with van der Waals surface area (Å²) in [5.41, 5.74) is 5.72. The molecular weight excluding hydrogens is 504 g/mol. The summed E-state index contributed by atoms with van der Waals surface area (Å²) in [7, 11) is 1.58. The lowest BCUT2D eigenvalue weighted by atomic mass is 9.94. The molecule has 1 atom stereocenters.